The fourth-order valence-corrected chi connectivity index (χ4v) is 1.92. The van der Waals surface area contributed by atoms with E-state index in [1.54, 1.807) is 0 Å². The van der Waals surface area contributed by atoms with Crippen molar-refractivity contribution in [2.45, 2.75) is 18.9 Å². The molecule has 1 fully saturated rings. The normalized spacial score (nSPS) is 25.5. The molecule has 72 valence electrons. The number of hydrogen-bond acceptors (Lipinski definition) is 3. The third-order valence-electron chi connectivity index (χ3n) is 2.66. The third-order valence-corrected chi connectivity index (χ3v) is 2.97. The lowest BCUT2D eigenvalue weighted by Gasteiger charge is -2.23. The number of nitrogens with zero attached hydrogens (tertiary/aromatic N) is 2. The number of rotatable bonds is 4. The first-order valence-corrected chi connectivity index (χ1v) is 5.37. The molecular weight excluding hydrogens is 168 g/mol. The fourth-order valence-electron chi connectivity index (χ4n) is 1.77. The minimum Gasteiger partial charge on any atom is -0.305 e. The summed E-state index contributed by atoms with van der Waals surface area (Å²) in [6.45, 7) is 3.70. The van der Waals surface area contributed by atoms with Crippen LogP contribution in [0.25, 0.3) is 0 Å². The van der Waals surface area contributed by atoms with E-state index in [9.17, 15) is 0 Å². The van der Waals surface area contributed by atoms with Gasteiger partial charge in [-0.1, -0.05) is 0 Å². The van der Waals surface area contributed by atoms with Crippen molar-refractivity contribution >= 4 is 12.6 Å². The Morgan fingerprint density at radius 3 is 2.83 bits per heavy atom. The van der Waals surface area contributed by atoms with Gasteiger partial charge in [-0.05, 0) is 45.8 Å². The molecule has 12 heavy (non-hydrogen) atoms. The number of likely N-dealkylation sites (N-methyl/N-ethyl adjacent to an activating group) is 2. The van der Waals surface area contributed by atoms with E-state index in [2.05, 4.69) is 36.5 Å². The Balaban J connectivity index is 2.18. The Labute approximate surface area is 81.3 Å². The van der Waals surface area contributed by atoms with Gasteiger partial charge in [0, 0.05) is 12.6 Å². The summed E-state index contributed by atoms with van der Waals surface area (Å²) in [5.41, 5.74) is 0. The molecule has 1 aliphatic rings. The van der Waals surface area contributed by atoms with Crippen molar-refractivity contribution < 1.29 is 0 Å². The molecular formula is C9H20N2S. The molecule has 0 saturated carbocycles. The van der Waals surface area contributed by atoms with E-state index in [1.165, 1.54) is 32.5 Å². The molecule has 0 aromatic carbocycles. The second-order valence-corrected chi connectivity index (χ2v) is 4.21. The van der Waals surface area contributed by atoms with E-state index in [-0.39, 0.29) is 0 Å². The average molecular weight is 188 g/mol. The predicted molar refractivity (Wildman–Crippen MR) is 57.0 cm³/mol. The summed E-state index contributed by atoms with van der Waals surface area (Å²) in [6, 6.07) is 0.787. The zero-order valence-corrected chi connectivity index (χ0v) is 9.06. The topological polar surface area (TPSA) is 6.48 Å². The van der Waals surface area contributed by atoms with Crippen LogP contribution in [0.3, 0.4) is 0 Å². The third kappa shape index (κ3) is 2.96. The van der Waals surface area contributed by atoms with Gasteiger partial charge in [-0.2, -0.15) is 12.6 Å². The van der Waals surface area contributed by atoms with Crippen molar-refractivity contribution in [1.82, 2.24) is 9.80 Å². The van der Waals surface area contributed by atoms with Gasteiger partial charge < -0.3 is 9.80 Å². The molecule has 1 atom stereocenters. The zero-order chi connectivity index (χ0) is 8.97. The summed E-state index contributed by atoms with van der Waals surface area (Å²) in [5.74, 6) is 1.01. The highest BCUT2D eigenvalue weighted by molar-refractivity contribution is 7.80. The molecule has 1 rings (SSSR count). The molecule has 1 aliphatic heterocycles. The smallest absolute Gasteiger partial charge is 0.0232 e. The summed E-state index contributed by atoms with van der Waals surface area (Å²) >= 11 is 4.22. The first-order valence-electron chi connectivity index (χ1n) is 4.73. The van der Waals surface area contributed by atoms with Crippen molar-refractivity contribution in [3.05, 3.63) is 0 Å². The molecule has 0 bridgehead atoms. The maximum Gasteiger partial charge on any atom is 0.0232 e. The molecule has 2 nitrogen and oxygen atoms in total. The maximum atomic E-state index is 4.22. The first kappa shape index (κ1) is 10.4. The van der Waals surface area contributed by atoms with Crippen LogP contribution < -0.4 is 0 Å². The van der Waals surface area contributed by atoms with Gasteiger partial charge in [0.1, 0.15) is 0 Å². The lowest BCUT2D eigenvalue weighted by atomic mass is 10.2. The molecule has 0 radical (unpaired) electrons. The quantitative estimate of drug-likeness (QED) is 0.656. The van der Waals surface area contributed by atoms with E-state index in [0.29, 0.717) is 0 Å². The standard InChI is InChI=1S/C9H20N2S/c1-10-6-4-9(8-10)11(2)5-3-7-12/h9,12H,3-8H2,1-2H3. The number of hydrogen-bond donors (Lipinski definition) is 1. The Morgan fingerprint density at radius 1 is 1.58 bits per heavy atom. The van der Waals surface area contributed by atoms with Gasteiger partial charge in [-0.25, -0.2) is 0 Å². The van der Waals surface area contributed by atoms with Crippen molar-refractivity contribution in [2.24, 2.45) is 0 Å². The summed E-state index contributed by atoms with van der Waals surface area (Å²) in [4.78, 5) is 4.88. The number of likely N-dealkylation sites (tertiary alicyclic amines) is 1. The first-order chi connectivity index (χ1) is 5.74. The fraction of sp³-hybridized carbons (Fsp3) is 1.00. The largest absolute Gasteiger partial charge is 0.305 e. The van der Waals surface area contributed by atoms with Gasteiger partial charge in [-0.3, -0.25) is 0 Å². The summed E-state index contributed by atoms with van der Waals surface area (Å²) in [7, 11) is 4.43. The van der Waals surface area contributed by atoms with E-state index in [1.807, 2.05) is 0 Å². The molecule has 0 spiro atoms. The van der Waals surface area contributed by atoms with E-state index in [0.717, 1.165) is 11.8 Å². The molecule has 1 heterocycles. The highest BCUT2D eigenvalue weighted by atomic mass is 32.1. The summed E-state index contributed by atoms with van der Waals surface area (Å²) in [5, 5.41) is 0. The van der Waals surface area contributed by atoms with Gasteiger partial charge >= 0.3 is 0 Å². The van der Waals surface area contributed by atoms with Crippen LogP contribution in [-0.2, 0) is 0 Å². The Kier molecular flexibility index (Phi) is 4.40. The minimum absolute atomic E-state index is 0.787. The SMILES string of the molecule is CN1CCC(N(C)CCCS)C1. The van der Waals surface area contributed by atoms with Gasteiger partial charge in [0.25, 0.3) is 0 Å². The van der Waals surface area contributed by atoms with Crippen LogP contribution in [0, 0.1) is 0 Å². The van der Waals surface area contributed by atoms with Crippen LogP contribution in [0.15, 0.2) is 0 Å². The Bertz CT molecular complexity index is 130. The zero-order valence-electron chi connectivity index (χ0n) is 8.16. The molecule has 0 N–H and O–H groups in total. The van der Waals surface area contributed by atoms with E-state index < -0.39 is 0 Å². The second kappa shape index (κ2) is 5.10. The van der Waals surface area contributed by atoms with Gasteiger partial charge in [0.2, 0.25) is 0 Å². The lowest BCUT2D eigenvalue weighted by molar-refractivity contribution is 0.243. The van der Waals surface area contributed by atoms with Gasteiger partial charge in [0.05, 0.1) is 0 Å². The molecule has 0 amide bonds. The Hall–Kier alpha value is 0.270. The molecule has 1 unspecified atom stereocenters. The molecule has 0 aliphatic carbocycles. The van der Waals surface area contributed by atoms with E-state index in [4.69, 9.17) is 0 Å². The second-order valence-electron chi connectivity index (χ2n) is 3.76. The van der Waals surface area contributed by atoms with E-state index >= 15 is 0 Å². The monoisotopic (exact) mass is 188 g/mol. The van der Waals surface area contributed by atoms with Gasteiger partial charge in [0.15, 0.2) is 0 Å². The molecule has 0 aromatic heterocycles. The maximum absolute atomic E-state index is 4.22. The van der Waals surface area contributed by atoms with Crippen molar-refractivity contribution in [3.63, 3.8) is 0 Å². The van der Waals surface area contributed by atoms with Crippen molar-refractivity contribution in [2.75, 3.05) is 39.5 Å². The number of thiol groups is 1. The summed E-state index contributed by atoms with van der Waals surface area (Å²) < 4.78 is 0. The molecule has 3 heteroatoms. The van der Waals surface area contributed by atoms with Crippen LogP contribution >= 0.6 is 12.6 Å². The highest BCUT2D eigenvalue weighted by Gasteiger charge is 2.22. The predicted octanol–water partition coefficient (Wildman–Crippen LogP) is 0.942. The molecule has 0 aromatic rings. The van der Waals surface area contributed by atoms with Crippen molar-refractivity contribution in [1.29, 1.82) is 0 Å². The van der Waals surface area contributed by atoms with Crippen molar-refractivity contribution in [3.8, 4) is 0 Å². The van der Waals surface area contributed by atoms with Crippen LogP contribution in [0.5, 0.6) is 0 Å². The Morgan fingerprint density at radius 2 is 2.33 bits per heavy atom. The van der Waals surface area contributed by atoms with Crippen LogP contribution in [0.2, 0.25) is 0 Å². The highest BCUT2D eigenvalue weighted by Crippen LogP contribution is 2.12. The average Bonchev–Trinajstić information content (AvgIpc) is 2.47. The van der Waals surface area contributed by atoms with Crippen LogP contribution in [0.4, 0.5) is 0 Å². The lowest BCUT2D eigenvalue weighted by Crippen LogP contribution is -2.34. The minimum atomic E-state index is 0.787. The summed E-state index contributed by atoms with van der Waals surface area (Å²) in [6.07, 6.45) is 2.54. The molecule has 1 saturated heterocycles. The van der Waals surface area contributed by atoms with Crippen LogP contribution in [-0.4, -0.2) is 55.3 Å². The van der Waals surface area contributed by atoms with Crippen LogP contribution in [0.1, 0.15) is 12.8 Å². The van der Waals surface area contributed by atoms with Gasteiger partial charge in [-0.15, -0.1) is 0 Å².